The Labute approximate surface area is 90.9 Å². The summed E-state index contributed by atoms with van der Waals surface area (Å²) < 4.78 is 5.63. The molecule has 5 atom stereocenters. The van der Waals surface area contributed by atoms with Crippen LogP contribution in [0.4, 0.5) is 0 Å². The Morgan fingerprint density at radius 2 is 1.53 bits per heavy atom. The molecule has 0 bridgehead atoms. The van der Waals surface area contributed by atoms with Gasteiger partial charge >= 0.3 is 0 Å². The number of hydrogen-bond donors (Lipinski definition) is 3. The summed E-state index contributed by atoms with van der Waals surface area (Å²) in [6.45, 7) is 7.71. The van der Waals surface area contributed by atoms with E-state index in [1.807, 2.05) is 27.7 Å². The Bertz CT molecular complexity index is 209. The van der Waals surface area contributed by atoms with E-state index >= 15 is 0 Å². The zero-order valence-electron chi connectivity index (χ0n) is 9.84. The average Bonchev–Trinajstić information content (AvgIpc) is 2.13. The molecule has 1 unspecified atom stereocenters. The summed E-state index contributed by atoms with van der Waals surface area (Å²) in [5.41, 5.74) is -0.256. The molecule has 1 aliphatic rings. The largest absolute Gasteiger partial charge is 0.388 e. The van der Waals surface area contributed by atoms with Crippen molar-refractivity contribution in [1.82, 2.24) is 0 Å². The molecule has 1 aliphatic heterocycles. The second-order valence-electron chi connectivity index (χ2n) is 5.34. The van der Waals surface area contributed by atoms with Crippen LogP contribution < -0.4 is 0 Å². The van der Waals surface area contributed by atoms with Crippen LogP contribution in [0.2, 0.25) is 0 Å². The standard InChI is InChI=1S/C11H22O4/c1-5-6-7(12)8(13)9(14)10(15-6)11(2,3)4/h6-10,12-14H,5H2,1-4H3/t6-,7+,8+,9-,10?/m1/s1. The van der Waals surface area contributed by atoms with E-state index in [-0.39, 0.29) is 5.41 Å². The summed E-state index contributed by atoms with van der Waals surface area (Å²) in [4.78, 5) is 0. The van der Waals surface area contributed by atoms with E-state index in [2.05, 4.69) is 0 Å². The molecule has 4 heteroatoms. The predicted molar refractivity (Wildman–Crippen MR) is 56.4 cm³/mol. The van der Waals surface area contributed by atoms with Gasteiger partial charge in [0.2, 0.25) is 0 Å². The molecule has 0 radical (unpaired) electrons. The van der Waals surface area contributed by atoms with Gasteiger partial charge in [-0.05, 0) is 11.8 Å². The third-order valence-electron chi connectivity index (χ3n) is 2.97. The van der Waals surface area contributed by atoms with Gasteiger partial charge in [-0.15, -0.1) is 0 Å². The highest BCUT2D eigenvalue weighted by atomic mass is 16.5. The quantitative estimate of drug-likeness (QED) is 0.592. The van der Waals surface area contributed by atoms with E-state index in [1.165, 1.54) is 0 Å². The SMILES string of the molecule is CC[C@H]1OC(C(C)(C)C)[C@H](O)[C@@H](O)[C@H]1O. The lowest BCUT2D eigenvalue weighted by Gasteiger charge is -2.45. The van der Waals surface area contributed by atoms with Crippen LogP contribution >= 0.6 is 0 Å². The maximum atomic E-state index is 9.82. The first-order valence-corrected chi connectivity index (χ1v) is 5.48. The van der Waals surface area contributed by atoms with Crippen LogP contribution in [-0.4, -0.2) is 45.8 Å². The minimum absolute atomic E-state index is 0.256. The highest BCUT2D eigenvalue weighted by Crippen LogP contribution is 2.33. The first kappa shape index (κ1) is 12.9. The van der Waals surface area contributed by atoms with E-state index in [9.17, 15) is 15.3 Å². The smallest absolute Gasteiger partial charge is 0.111 e. The number of aliphatic hydroxyl groups is 3. The number of aliphatic hydroxyl groups excluding tert-OH is 3. The molecule has 90 valence electrons. The molecule has 0 spiro atoms. The number of ether oxygens (including phenoxy) is 1. The van der Waals surface area contributed by atoms with Crippen LogP contribution in [0.3, 0.4) is 0 Å². The van der Waals surface area contributed by atoms with Gasteiger partial charge in [0.1, 0.15) is 18.3 Å². The van der Waals surface area contributed by atoms with Crippen LogP contribution in [0.5, 0.6) is 0 Å². The van der Waals surface area contributed by atoms with Crippen molar-refractivity contribution in [2.45, 2.75) is 64.6 Å². The Balaban J connectivity index is 2.83. The van der Waals surface area contributed by atoms with Crippen LogP contribution in [0.25, 0.3) is 0 Å². The molecule has 0 aromatic carbocycles. The lowest BCUT2D eigenvalue weighted by molar-refractivity contribution is -0.244. The second-order valence-corrected chi connectivity index (χ2v) is 5.34. The van der Waals surface area contributed by atoms with Crippen LogP contribution in [-0.2, 0) is 4.74 Å². The summed E-state index contributed by atoms with van der Waals surface area (Å²) in [7, 11) is 0. The van der Waals surface area contributed by atoms with E-state index in [0.717, 1.165) is 0 Å². The molecule has 1 fully saturated rings. The maximum absolute atomic E-state index is 9.82. The van der Waals surface area contributed by atoms with Crippen LogP contribution in [0.15, 0.2) is 0 Å². The maximum Gasteiger partial charge on any atom is 0.111 e. The van der Waals surface area contributed by atoms with E-state index in [4.69, 9.17) is 4.74 Å². The average molecular weight is 218 g/mol. The Morgan fingerprint density at radius 3 is 1.93 bits per heavy atom. The molecule has 15 heavy (non-hydrogen) atoms. The van der Waals surface area contributed by atoms with Crippen molar-refractivity contribution in [1.29, 1.82) is 0 Å². The van der Waals surface area contributed by atoms with Crippen molar-refractivity contribution in [3.63, 3.8) is 0 Å². The van der Waals surface area contributed by atoms with Crippen molar-refractivity contribution in [2.75, 3.05) is 0 Å². The van der Waals surface area contributed by atoms with Gasteiger partial charge in [0, 0.05) is 0 Å². The Hall–Kier alpha value is -0.160. The fourth-order valence-electron chi connectivity index (χ4n) is 2.00. The lowest BCUT2D eigenvalue weighted by atomic mass is 9.80. The van der Waals surface area contributed by atoms with Gasteiger partial charge < -0.3 is 20.1 Å². The molecular formula is C11H22O4. The molecule has 0 aromatic heterocycles. The number of hydrogen-bond acceptors (Lipinski definition) is 4. The second kappa shape index (κ2) is 4.37. The third kappa shape index (κ3) is 2.50. The molecule has 0 aromatic rings. The van der Waals surface area contributed by atoms with Crippen molar-refractivity contribution >= 4 is 0 Å². The highest BCUT2D eigenvalue weighted by molar-refractivity contribution is 4.95. The van der Waals surface area contributed by atoms with Crippen molar-refractivity contribution in [2.24, 2.45) is 5.41 Å². The lowest BCUT2D eigenvalue weighted by Crippen LogP contribution is -2.60. The fraction of sp³-hybridized carbons (Fsp3) is 1.00. The molecule has 1 saturated heterocycles. The summed E-state index contributed by atoms with van der Waals surface area (Å²) in [5.74, 6) is 0. The highest BCUT2D eigenvalue weighted by Gasteiger charge is 2.46. The topological polar surface area (TPSA) is 69.9 Å². The van der Waals surface area contributed by atoms with Gasteiger partial charge in [-0.3, -0.25) is 0 Å². The summed E-state index contributed by atoms with van der Waals surface area (Å²) in [6.07, 6.45) is -3.36. The molecule has 3 N–H and O–H groups in total. The van der Waals surface area contributed by atoms with E-state index in [1.54, 1.807) is 0 Å². The van der Waals surface area contributed by atoms with E-state index in [0.29, 0.717) is 6.42 Å². The molecule has 1 heterocycles. The zero-order valence-corrected chi connectivity index (χ0v) is 9.84. The summed E-state index contributed by atoms with van der Waals surface area (Å²) in [5, 5.41) is 29.2. The Morgan fingerprint density at radius 1 is 1.00 bits per heavy atom. The fourth-order valence-corrected chi connectivity index (χ4v) is 2.00. The van der Waals surface area contributed by atoms with Crippen molar-refractivity contribution < 1.29 is 20.1 Å². The Kier molecular flexibility index (Phi) is 3.76. The predicted octanol–water partition coefficient (Wildman–Crippen LogP) is 0.293. The van der Waals surface area contributed by atoms with Gasteiger partial charge in [0.25, 0.3) is 0 Å². The molecule has 0 amide bonds. The van der Waals surface area contributed by atoms with Gasteiger partial charge in [-0.25, -0.2) is 0 Å². The van der Waals surface area contributed by atoms with Crippen molar-refractivity contribution in [3.05, 3.63) is 0 Å². The minimum Gasteiger partial charge on any atom is -0.388 e. The van der Waals surface area contributed by atoms with E-state index < -0.39 is 30.5 Å². The van der Waals surface area contributed by atoms with Gasteiger partial charge in [-0.1, -0.05) is 27.7 Å². The molecule has 0 saturated carbocycles. The number of rotatable bonds is 1. The van der Waals surface area contributed by atoms with Gasteiger partial charge in [0.05, 0.1) is 12.2 Å². The minimum atomic E-state index is -1.12. The first-order valence-electron chi connectivity index (χ1n) is 5.48. The zero-order chi connectivity index (χ0) is 11.8. The molecule has 0 aliphatic carbocycles. The monoisotopic (exact) mass is 218 g/mol. The molecule has 4 nitrogen and oxygen atoms in total. The molecular weight excluding hydrogens is 196 g/mol. The first-order chi connectivity index (χ1) is 6.79. The third-order valence-corrected chi connectivity index (χ3v) is 2.97. The van der Waals surface area contributed by atoms with Gasteiger partial charge in [-0.2, -0.15) is 0 Å². The van der Waals surface area contributed by atoms with Crippen LogP contribution in [0, 0.1) is 5.41 Å². The van der Waals surface area contributed by atoms with Crippen molar-refractivity contribution in [3.8, 4) is 0 Å². The normalized spacial score (nSPS) is 43.0. The van der Waals surface area contributed by atoms with Gasteiger partial charge in [0.15, 0.2) is 0 Å². The van der Waals surface area contributed by atoms with Crippen LogP contribution in [0.1, 0.15) is 34.1 Å². The summed E-state index contributed by atoms with van der Waals surface area (Å²) >= 11 is 0. The molecule has 1 rings (SSSR count). The summed E-state index contributed by atoms with van der Waals surface area (Å²) in [6, 6.07) is 0.